The quantitative estimate of drug-likeness (QED) is 0.484. The molecule has 7 nitrogen and oxygen atoms in total. The highest BCUT2D eigenvalue weighted by atomic mass is 32.2. The second-order valence-corrected chi connectivity index (χ2v) is 9.63. The Morgan fingerprint density at radius 2 is 2.04 bits per heavy atom. The van der Waals surface area contributed by atoms with Crippen LogP contribution in [0.25, 0.3) is 10.2 Å². The third kappa shape index (κ3) is 3.28. The summed E-state index contributed by atoms with van der Waals surface area (Å²) < 4.78 is 24.6. The van der Waals surface area contributed by atoms with Gasteiger partial charge in [-0.05, 0) is 37.1 Å². The van der Waals surface area contributed by atoms with Gasteiger partial charge < -0.3 is 4.90 Å². The average Bonchev–Trinajstić information content (AvgIpc) is 3.26. The number of fused-ring (bicyclic) bond motifs is 1. The molecule has 0 unspecified atom stereocenters. The van der Waals surface area contributed by atoms with E-state index in [1.807, 2.05) is 29.2 Å². The molecule has 0 radical (unpaired) electrons. The van der Waals surface area contributed by atoms with Crippen LogP contribution < -0.4 is 4.90 Å². The summed E-state index contributed by atoms with van der Waals surface area (Å²) in [5.74, 6) is 0. The van der Waals surface area contributed by atoms with Crippen molar-refractivity contribution >= 4 is 42.8 Å². The molecule has 2 heterocycles. The molecule has 1 saturated heterocycles. The summed E-state index contributed by atoms with van der Waals surface area (Å²) in [5.41, 5.74) is 1.17. The summed E-state index contributed by atoms with van der Waals surface area (Å²) in [6, 6.07) is 11.9. The van der Waals surface area contributed by atoms with Crippen LogP contribution in [0, 0.1) is 10.1 Å². The molecule has 27 heavy (non-hydrogen) atoms. The fourth-order valence-electron chi connectivity index (χ4n) is 3.47. The van der Waals surface area contributed by atoms with Crippen molar-refractivity contribution in [3.05, 3.63) is 57.6 Å². The van der Waals surface area contributed by atoms with Crippen LogP contribution in [0.15, 0.2) is 47.4 Å². The minimum atomic E-state index is -3.52. The molecule has 3 aromatic rings. The standard InChI is InChI=1S/C18H17N3O4S2/c1-27(24,25)12-8-9-14(16(11-12)21(22)23)20-10-4-6-15(20)18-19-13-5-2-3-7-17(13)26-18/h2-3,5,7-9,11,15H,4,6,10H2,1H3/t15-/m1/s1. The number of rotatable bonds is 4. The number of benzene rings is 2. The van der Waals surface area contributed by atoms with Gasteiger partial charge in [-0.2, -0.15) is 0 Å². The molecule has 0 N–H and O–H groups in total. The van der Waals surface area contributed by atoms with Crippen LogP contribution in [-0.4, -0.2) is 31.1 Å². The average molecular weight is 403 g/mol. The maximum absolute atomic E-state index is 11.8. The van der Waals surface area contributed by atoms with E-state index in [9.17, 15) is 18.5 Å². The number of thiazole rings is 1. The third-order valence-corrected chi connectivity index (χ3v) is 6.98. The third-order valence-electron chi connectivity index (χ3n) is 4.73. The van der Waals surface area contributed by atoms with Gasteiger partial charge in [-0.15, -0.1) is 11.3 Å². The monoisotopic (exact) mass is 403 g/mol. The van der Waals surface area contributed by atoms with Gasteiger partial charge in [-0.3, -0.25) is 10.1 Å². The zero-order valence-corrected chi connectivity index (χ0v) is 16.2. The highest BCUT2D eigenvalue weighted by molar-refractivity contribution is 7.90. The van der Waals surface area contributed by atoms with E-state index in [4.69, 9.17) is 4.98 Å². The van der Waals surface area contributed by atoms with Crippen LogP contribution in [0.1, 0.15) is 23.9 Å². The summed E-state index contributed by atoms with van der Waals surface area (Å²) in [7, 11) is -3.52. The van der Waals surface area contributed by atoms with Crippen LogP contribution in [0.2, 0.25) is 0 Å². The van der Waals surface area contributed by atoms with Crippen LogP contribution in [0.3, 0.4) is 0 Å². The Kier molecular flexibility index (Phi) is 4.35. The summed E-state index contributed by atoms with van der Waals surface area (Å²) in [6.07, 6.45) is 2.79. The molecule has 140 valence electrons. The number of sulfone groups is 1. The highest BCUT2D eigenvalue weighted by Crippen LogP contribution is 2.42. The first kappa shape index (κ1) is 17.9. The van der Waals surface area contributed by atoms with E-state index in [0.29, 0.717) is 12.2 Å². The van der Waals surface area contributed by atoms with Gasteiger partial charge in [0.05, 0.1) is 26.1 Å². The predicted octanol–water partition coefficient (Wildman–Crippen LogP) is 3.95. The number of nitrogens with zero attached hydrogens (tertiary/aromatic N) is 3. The molecule has 2 aromatic carbocycles. The molecule has 1 fully saturated rings. The molecule has 0 amide bonds. The Hall–Kier alpha value is -2.52. The van der Waals surface area contributed by atoms with Crippen molar-refractivity contribution in [3.63, 3.8) is 0 Å². The van der Waals surface area contributed by atoms with Gasteiger partial charge in [0.1, 0.15) is 10.7 Å². The van der Waals surface area contributed by atoms with E-state index in [1.54, 1.807) is 17.4 Å². The predicted molar refractivity (Wildman–Crippen MR) is 105 cm³/mol. The highest BCUT2D eigenvalue weighted by Gasteiger charge is 2.33. The van der Waals surface area contributed by atoms with E-state index in [0.717, 1.165) is 40.4 Å². The fourth-order valence-corrected chi connectivity index (χ4v) is 5.22. The minimum absolute atomic E-state index is 0.0475. The summed E-state index contributed by atoms with van der Waals surface area (Å²) in [5, 5.41) is 12.5. The van der Waals surface area contributed by atoms with Gasteiger partial charge in [-0.25, -0.2) is 13.4 Å². The topological polar surface area (TPSA) is 93.4 Å². The largest absolute Gasteiger partial charge is 0.357 e. The SMILES string of the molecule is CS(=O)(=O)c1ccc(N2CCC[C@@H]2c2nc3ccccc3s2)c([N+](=O)[O-])c1. The lowest BCUT2D eigenvalue weighted by atomic mass is 10.2. The van der Waals surface area contributed by atoms with E-state index in [1.165, 1.54) is 6.07 Å². The first-order valence-electron chi connectivity index (χ1n) is 8.45. The van der Waals surface area contributed by atoms with Crippen molar-refractivity contribution in [2.24, 2.45) is 0 Å². The van der Waals surface area contributed by atoms with Gasteiger partial charge in [0.25, 0.3) is 5.69 Å². The number of aromatic nitrogens is 1. The molecule has 0 saturated carbocycles. The number of anilines is 1. The van der Waals surface area contributed by atoms with Crippen molar-refractivity contribution in [1.29, 1.82) is 0 Å². The van der Waals surface area contributed by atoms with Crippen molar-refractivity contribution in [2.45, 2.75) is 23.8 Å². The second-order valence-electron chi connectivity index (χ2n) is 6.55. The molecule has 1 aromatic heterocycles. The van der Waals surface area contributed by atoms with E-state index in [2.05, 4.69) is 0 Å². The first-order chi connectivity index (χ1) is 12.8. The minimum Gasteiger partial charge on any atom is -0.357 e. The van der Waals surface area contributed by atoms with Gasteiger partial charge in [0.15, 0.2) is 9.84 Å². The van der Waals surface area contributed by atoms with Crippen molar-refractivity contribution in [3.8, 4) is 0 Å². The van der Waals surface area contributed by atoms with Crippen molar-refractivity contribution in [1.82, 2.24) is 4.98 Å². The smallest absolute Gasteiger partial charge is 0.293 e. The molecule has 1 aliphatic rings. The molecule has 9 heteroatoms. The Bertz CT molecular complexity index is 1110. The second kappa shape index (κ2) is 6.58. The molecular formula is C18H17N3O4S2. The number of hydrogen-bond acceptors (Lipinski definition) is 7. The number of para-hydroxylation sites is 1. The van der Waals surface area contributed by atoms with Crippen LogP contribution in [0.4, 0.5) is 11.4 Å². The van der Waals surface area contributed by atoms with Crippen LogP contribution in [0.5, 0.6) is 0 Å². The Morgan fingerprint density at radius 3 is 2.74 bits per heavy atom. The lowest BCUT2D eigenvalue weighted by molar-refractivity contribution is -0.384. The van der Waals surface area contributed by atoms with Gasteiger partial charge >= 0.3 is 0 Å². The summed E-state index contributed by atoms with van der Waals surface area (Å²) in [6.45, 7) is 0.666. The van der Waals surface area contributed by atoms with E-state index in [-0.39, 0.29) is 16.6 Å². The van der Waals surface area contributed by atoms with Crippen molar-refractivity contribution < 1.29 is 13.3 Å². The van der Waals surface area contributed by atoms with Crippen LogP contribution >= 0.6 is 11.3 Å². The summed E-state index contributed by atoms with van der Waals surface area (Å²) >= 11 is 1.60. The maximum Gasteiger partial charge on any atom is 0.293 e. The fraction of sp³-hybridized carbons (Fsp3) is 0.278. The summed E-state index contributed by atoms with van der Waals surface area (Å²) in [4.78, 5) is 17.7. The number of nitro groups is 1. The number of hydrogen-bond donors (Lipinski definition) is 0. The zero-order valence-electron chi connectivity index (χ0n) is 14.5. The molecule has 1 atom stereocenters. The zero-order chi connectivity index (χ0) is 19.2. The first-order valence-corrected chi connectivity index (χ1v) is 11.2. The molecular weight excluding hydrogens is 386 g/mol. The maximum atomic E-state index is 11.8. The van der Waals surface area contributed by atoms with Gasteiger partial charge in [0, 0.05) is 18.9 Å². The Labute approximate surface area is 160 Å². The normalized spacial score (nSPS) is 17.5. The number of nitro benzene ring substituents is 1. The Balaban J connectivity index is 1.78. The van der Waals surface area contributed by atoms with Crippen molar-refractivity contribution in [2.75, 3.05) is 17.7 Å². The lowest BCUT2D eigenvalue weighted by Gasteiger charge is -2.25. The van der Waals surface area contributed by atoms with Crippen LogP contribution in [-0.2, 0) is 9.84 Å². The molecule has 0 bridgehead atoms. The van der Waals surface area contributed by atoms with Gasteiger partial charge in [0.2, 0.25) is 0 Å². The molecule has 0 aliphatic carbocycles. The molecule has 4 rings (SSSR count). The van der Waals surface area contributed by atoms with E-state index >= 15 is 0 Å². The molecule has 1 aliphatic heterocycles. The Morgan fingerprint density at radius 1 is 1.26 bits per heavy atom. The van der Waals surface area contributed by atoms with E-state index < -0.39 is 14.8 Å². The molecule has 0 spiro atoms. The van der Waals surface area contributed by atoms with Gasteiger partial charge in [-0.1, -0.05) is 12.1 Å². The lowest BCUT2D eigenvalue weighted by Crippen LogP contribution is -2.23.